The zero-order valence-electron chi connectivity index (χ0n) is 23.1. The van der Waals surface area contributed by atoms with Crippen molar-refractivity contribution in [1.82, 2.24) is 16.0 Å². The summed E-state index contributed by atoms with van der Waals surface area (Å²) in [4.78, 5) is 50.6. The lowest BCUT2D eigenvalue weighted by Crippen LogP contribution is -2.58. The fourth-order valence-corrected chi connectivity index (χ4v) is 3.47. The number of hydrogen-bond acceptors (Lipinski definition) is 6. The molecule has 0 radical (unpaired) electrons. The molecule has 1 aromatic carbocycles. The summed E-state index contributed by atoms with van der Waals surface area (Å²) in [5, 5.41) is 7.91. The maximum atomic E-state index is 13.2. The molecule has 37 heavy (non-hydrogen) atoms. The van der Waals surface area contributed by atoms with Gasteiger partial charge in [0.15, 0.2) is 0 Å². The summed E-state index contributed by atoms with van der Waals surface area (Å²) in [6.07, 6.45) is -0.0968. The third-order valence-electron chi connectivity index (χ3n) is 5.11. The molecule has 4 amide bonds. The van der Waals surface area contributed by atoms with Crippen LogP contribution in [0.25, 0.3) is 0 Å². The third kappa shape index (κ3) is 13.7. The molecule has 208 valence electrons. The second-order valence-electron chi connectivity index (χ2n) is 11.0. The highest BCUT2D eigenvalue weighted by molar-refractivity contribution is 5.93. The van der Waals surface area contributed by atoms with Gasteiger partial charge in [0.1, 0.15) is 23.7 Å². The molecule has 0 fully saturated rings. The summed E-state index contributed by atoms with van der Waals surface area (Å²) >= 11 is 0. The van der Waals surface area contributed by atoms with E-state index in [1.165, 1.54) is 0 Å². The van der Waals surface area contributed by atoms with E-state index in [1.807, 2.05) is 58.0 Å². The first-order valence-corrected chi connectivity index (χ1v) is 12.7. The Kier molecular flexibility index (Phi) is 13.1. The Labute approximate surface area is 220 Å². The number of carbonyl (C=O) groups excluding carboxylic acids is 4. The van der Waals surface area contributed by atoms with Crippen LogP contribution >= 0.6 is 0 Å². The lowest BCUT2D eigenvalue weighted by Gasteiger charge is -2.27. The summed E-state index contributed by atoms with van der Waals surface area (Å²) < 4.78 is 11.0. The van der Waals surface area contributed by atoms with E-state index in [2.05, 4.69) is 16.0 Å². The fraction of sp³-hybridized carbons (Fsp3) is 0.630. The van der Waals surface area contributed by atoms with Gasteiger partial charge in [-0.15, -0.1) is 0 Å². The van der Waals surface area contributed by atoms with Crippen LogP contribution < -0.4 is 21.7 Å². The van der Waals surface area contributed by atoms with Crippen LogP contribution in [-0.4, -0.2) is 54.1 Å². The van der Waals surface area contributed by atoms with Crippen molar-refractivity contribution in [2.24, 2.45) is 17.6 Å². The van der Waals surface area contributed by atoms with E-state index in [-0.39, 0.29) is 25.0 Å². The first kappa shape index (κ1) is 31.9. The molecule has 0 bridgehead atoms. The Bertz CT molecular complexity index is 883. The van der Waals surface area contributed by atoms with Gasteiger partial charge in [-0.05, 0) is 51.0 Å². The number of benzene rings is 1. The van der Waals surface area contributed by atoms with Crippen molar-refractivity contribution < 1.29 is 28.7 Å². The zero-order valence-corrected chi connectivity index (χ0v) is 23.1. The van der Waals surface area contributed by atoms with Gasteiger partial charge in [-0.25, -0.2) is 4.79 Å². The lowest BCUT2D eigenvalue weighted by atomic mass is 10.00. The molecule has 0 aliphatic rings. The number of rotatable bonds is 14. The smallest absolute Gasteiger partial charge is 0.408 e. The lowest BCUT2D eigenvalue weighted by molar-refractivity contribution is -0.133. The van der Waals surface area contributed by atoms with Crippen LogP contribution in [0.3, 0.4) is 0 Å². The molecule has 0 unspecified atom stereocenters. The standard InChI is InChI=1S/C27H44N4O6/c1-17(2)13-20(23(28)32)29-24(33)21(14-18(3)4)30-25(34)22(31-26(35)37-27(5,6)7)16-36-15-19-11-9-8-10-12-19/h8-12,17-18,20-22H,13-16H2,1-7H3,(H2,28,32)(H,29,33)(H,30,34)(H,31,35)/t20-,21-,22-/m1/s1. The first-order valence-electron chi connectivity index (χ1n) is 12.7. The van der Waals surface area contributed by atoms with Crippen molar-refractivity contribution in [3.8, 4) is 0 Å². The Morgan fingerprint density at radius 3 is 1.84 bits per heavy atom. The van der Waals surface area contributed by atoms with Gasteiger partial charge in [0, 0.05) is 0 Å². The number of carbonyl (C=O) groups is 4. The van der Waals surface area contributed by atoms with Crippen molar-refractivity contribution in [3.63, 3.8) is 0 Å². The number of hydrogen-bond donors (Lipinski definition) is 4. The van der Waals surface area contributed by atoms with Crippen LogP contribution in [0.4, 0.5) is 4.79 Å². The monoisotopic (exact) mass is 520 g/mol. The molecule has 0 heterocycles. The van der Waals surface area contributed by atoms with E-state index in [1.54, 1.807) is 20.8 Å². The highest BCUT2D eigenvalue weighted by atomic mass is 16.6. The van der Waals surface area contributed by atoms with Gasteiger partial charge in [0.25, 0.3) is 0 Å². The minimum atomic E-state index is -1.12. The van der Waals surface area contributed by atoms with Crippen LogP contribution in [0, 0.1) is 11.8 Å². The Morgan fingerprint density at radius 1 is 0.811 bits per heavy atom. The molecule has 1 aromatic rings. The van der Waals surface area contributed by atoms with E-state index in [0.717, 1.165) is 5.56 Å². The summed E-state index contributed by atoms with van der Waals surface area (Å²) in [5.74, 6) is -1.60. The SMILES string of the molecule is CC(C)C[C@@H](NC(=O)[C@@H](CC(C)C)NC(=O)[C@@H](COCc1ccccc1)NC(=O)OC(C)(C)C)C(N)=O. The van der Waals surface area contributed by atoms with E-state index in [4.69, 9.17) is 15.2 Å². The predicted molar refractivity (Wildman–Crippen MR) is 141 cm³/mol. The Balaban J connectivity index is 3.00. The second kappa shape index (κ2) is 15.2. The van der Waals surface area contributed by atoms with E-state index in [9.17, 15) is 19.2 Å². The maximum absolute atomic E-state index is 13.2. The highest BCUT2D eigenvalue weighted by Crippen LogP contribution is 2.10. The minimum Gasteiger partial charge on any atom is -0.444 e. The zero-order chi connectivity index (χ0) is 28.2. The van der Waals surface area contributed by atoms with Gasteiger partial charge in [0.2, 0.25) is 17.7 Å². The van der Waals surface area contributed by atoms with Crippen molar-refractivity contribution >= 4 is 23.8 Å². The molecule has 0 spiro atoms. The first-order chi connectivity index (χ1) is 17.2. The van der Waals surface area contributed by atoms with Gasteiger partial charge in [-0.3, -0.25) is 14.4 Å². The quantitative estimate of drug-likeness (QED) is 0.296. The highest BCUT2D eigenvalue weighted by Gasteiger charge is 2.31. The maximum Gasteiger partial charge on any atom is 0.408 e. The molecular weight excluding hydrogens is 476 g/mol. The van der Waals surface area contributed by atoms with Crippen molar-refractivity contribution in [3.05, 3.63) is 35.9 Å². The molecule has 10 nitrogen and oxygen atoms in total. The summed E-state index contributed by atoms with van der Waals surface area (Å²) in [5.41, 5.74) is 5.61. The Hall–Kier alpha value is -3.14. The van der Waals surface area contributed by atoms with E-state index in [0.29, 0.717) is 12.8 Å². The largest absolute Gasteiger partial charge is 0.444 e. The molecule has 0 aliphatic carbocycles. The van der Waals surface area contributed by atoms with Gasteiger partial charge in [-0.2, -0.15) is 0 Å². The van der Waals surface area contributed by atoms with Crippen LogP contribution in [0.5, 0.6) is 0 Å². The molecule has 3 atom stereocenters. The number of ether oxygens (including phenoxy) is 2. The van der Waals surface area contributed by atoms with Crippen molar-refractivity contribution in [2.75, 3.05) is 6.61 Å². The summed E-state index contributed by atoms with van der Waals surface area (Å²) in [6, 6.07) is 6.46. The third-order valence-corrected chi connectivity index (χ3v) is 5.11. The van der Waals surface area contributed by atoms with Gasteiger partial charge >= 0.3 is 6.09 Å². The van der Waals surface area contributed by atoms with Gasteiger partial charge in [0.05, 0.1) is 13.2 Å². The van der Waals surface area contributed by atoms with E-state index < -0.39 is 47.5 Å². The number of nitrogens with two attached hydrogens (primary N) is 1. The topological polar surface area (TPSA) is 149 Å². The summed E-state index contributed by atoms with van der Waals surface area (Å²) in [6.45, 7) is 12.9. The van der Waals surface area contributed by atoms with E-state index >= 15 is 0 Å². The van der Waals surface area contributed by atoms with Gasteiger partial charge < -0.3 is 31.2 Å². The Morgan fingerprint density at radius 2 is 1.32 bits per heavy atom. The number of nitrogens with one attached hydrogen (secondary N) is 3. The second-order valence-corrected chi connectivity index (χ2v) is 11.0. The van der Waals surface area contributed by atoms with Crippen molar-refractivity contribution in [2.45, 2.75) is 91.6 Å². The van der Waals surface area contributed by atoms with Crippen molar-refractivity contribution in [1.29, 1.82) is 0 Å². The molecule has 5 N–H and O–H groups in total. The normalized spacial score (nSPS) is 14.0. The van der Waals surface area contributed by atoms with Crippen LogP contribution in [0.1, 0.15) is 66.9 Å². The molecule has 10 heteroatoms. The molecule has 0 saturated heterocycles. The van der Waals surface area contributed by atoms with Gasteiger partial charge in [-0.1, -0.05) is 58.0 Å². The molecular formula is C27H44N4O6. The van der Waals surface area contributed by atoms with Crippen LogP contribution in [0.2, 0.25) is 0 Å². The number of alkyl carbamates (subject to hydrolysis) is 1. The fourth-order valence-electron chi connectivity index (χ4n) is 3.47. The molecule has 0 aliphatic heterocycles. The minimum absolute atomic E-state index is 0.0553. The van der Waals surface area contributed by atoms with Crippen LogP contribution in [0.15, 0.2) is 30.3 Å². The average molecular weight is 521 g/mol. The molecule has 1 rings (SSSR count). The molecule has 0 saturated carbocycles. The summed E-state index contributed by atoms with van der Waals surface area (Å²) in [7, 11) is 0. The van der Waals surface area contributed by atoms with Crippen LogP contribution in [-0.2, 0) is 30.5 Å². The number of amides is 4. The average Bonchev–Trinajstić information content (AvgIpc) is 2.76. The predicted octanol–water partition coefficient (Wildman–Crippen LogP) is 2.64. The molecule has 0 aromatic heterocycles. The number of primary amides is 1.